The van der Waals surface area contributed by atoms with Gasteiger partial charge in [0.25, 0.3) is 0 Å². The Labute approximate surface area is 76.5 Å². The number of fused-ring (bicyclic) bond motifs is 1. The summed E-state index contributed by atoms with van der Waals surface area (Å²) in [7, 11) is 0. The van der Waals surface area contributed by atoms with Crippen LogP contribution in [-0.2, 0) is 0 Å². The first-order chi connectivity index (χ1) is 6.16. The molecule has 0 aromatic carbocycles. The van der Waals surface area contributed by atoms with E-state index >= 15 is 0 Å². The van der Waals surface area contributed by atoms with Crippen LogP contribution < -0.4 is 0 Å². The van der Waals surface area contributed by atoms with E-state index < -0.39 is 11.8 Å². The molecule has 66 valence electrons. The summed E-state index contributed by atoms with van der Waals surface area (Å²) in [5.41, 5.74) is 0. The number of hydrogen-bond acceptors (Lipinski definition) is 3. The van der Waals surface area contributed by atoms with E-state index in [1.807, 2.05) is 0 Å². The molecular formula is C8H4FNO2S. The molecule has 0 fully saturated rings. The van der Waals surface area contributed by atoms with Crippen molar-refractivity contribution in [3.8, 4) is 0 Å². The van der Waals surface area contributed by atoms with Crippen molar-refractivity contribution < 1.29 is 14.3 Å². The zero-order valence-corrected chi connectivity index (χ0v) is 7.14. The number of thiophene rings is 1. The standard InChI is InChI=1S/C8H4FNO2S/c9-5-1-4-2-6(8(11)12)13-7(4)10-3-5/h1-3H,(H,11,12). The van der Waals surface area contributed by atoms with E-state index in [1.165, 1.54) is 12.1 Å². The van der Waals surface area contributed by atoms with Gasteiger partial charge in [-0.1, -0.05) is 0 Å². The van der Waals surface area contributed by atoms with Gasteiger partial charge < -0.3 is 5.11 Å². The average molecular weight is 197 g/mol. The van der Waals surface area contributed by atoms with Crippen LogP contribution in [0.15, 0.2) is 18.3 Å². The topological polar surface area (TPSA) is 50.2 Å². The Hall–Kier alpha value is -1.49. The maximum atomic E-state index is 12.6. The number of halogens is 1. The van der Waals surface area contributed by atoms with Gasteiger partial charge in [-0.2, -0.15) is 0 Å². The summed E-state index contributed by atoms with van der Waals surface area (Å²) in [5, 5.41) is 9.17. The number of rotatable bonds is 1. The molecule has 2 heterocycles. The molecule has 0 radical (unpaired) electrons. The molecule has 2 aromatic rings. The second-order valence-corrected chi connectivity index (χ2v) is 3.49. The molecule has 0 atom stereocenters. The number of aromatic carboxylic acids is 1. The molecule has 0 aliphatic rings. The molecule has 0 unspecified atom stereocenters. The van der Waals surface area contributed by atoms with Crippen LogP contribution in [0.25, 0.3) is 10.2 Å². The third-order valence-electron chi connectivity index (χ3n) is 1.55. The molecule has 0 saturated carbocycles. The molecule has 2 aromatic heterocycles. The van der Waals surface area contributed by atoms with Crippen molar-refractivity contribution in [2.24, 2.45) is 0 Å². The van der Waals surface area contributed by atoms with Gasteiger partial charge in [0, 0.05) is 5.39 Å². The van der Waals surface area contributed by atoms with E-state index in [0.29, 0.717) is 10.2 Å². The van der Waals surface area contributed by atoms with Crippen LogP contribution in [0.5, 0.6) is 0 Å². The van der Waals surface area contributed by atoms with Crippen molar-refractivity contribution in [3.63, 3.8) is 0 Å². The van der Waals surface area contributed by atoms with Gasteiger partial charge in [0.15, 0.2) is 0 Å². The SMILES string of the molecule is O=C(O)c1cc2cc(F)cnc2s1. The largest absolute Gasteiger partial charge is 0.477 e. The van der Waals surface area contributed by atoms with Gasteiger partial charge >= 0.3 is 5.97 Å². The minimum absolute atomic E-state index is 0.174. The quantitative estimate of drug-likeness (QED) is 0.761. The first kappa shape index (κ1) is 8.12. The summed E-state index contributed by atoms with van der Waals surface area (Å²) in [4.78, 5) is 15.0. The van der Waals surface area contributed by atoms with E-state index in [1.54, 1.807) is 0 Å². The zero-order chi connectivity index (χ0) is 9.42. The molecule has 0 spiro atoms. The van der Waals surface area contributed by atoms with E-state index in [2.05, 4.69) is 4.98 Å². The molecule has 0 saturated heterocycles. The fourth-order valence-electron chi connectivity index (χ4n) is 1.01. The summed E-state index contributed by atoms with van der Waals surface area (Å²) >= 11 is 1.04. The van der Waals surface area contributed by atoms with Crippen molar-refractivity contribution in [3.05, 3.63) is 29.0 Å². The number of carboxylic acids is 1. The van der Waals surface area contributed by atoms with Crippen molar-refractivity contribution in [2.75, 3.05) is 0 Å². The molecule has 0 aliphatic heterocycles. The van der Waals surface area contributed by atoms with Gasteiger partial charge in [-0.25, -0.2) is 14.2 Å². The minimum atomic E-state index is -1.01. The van der Waals surface area contributed by atoms with Gasteiger partial charge in [0.1, 0.15) is 15.5 Å². The first-order valence-corrected chi connectivity index (χ1v) is 4.27. The second-order valence-electron chi connectivity index (χ2n) is 2.46. The summed E-state index contributed by atoms with van der Waals surface area (Å²) < 4.78 is 12.6. The lowest BCUT2D eigenvalue weighted by Gasteiger charge is -1.86. The van der Waals surface area contributed by atoms with Gasteiger partial charge in [0.2, 0.25) is 0 Å². The normalized spacial score (nSPS) is 10.5. The summed E-state index contributed by atoms with van der Waals surface area (Å²) in [5.74, 6) is -1.47. The zero-order valence-electron chi connectivity index (χ0n) is 6.32. The van der Waals surface area contributed by atoms with Gasteiger partial charge in [-0.05, 0) is 12.1 Å². The van der Waals surface area contributed by atoms with Crippen molar-refractivity contribution in [1.29, 1.82) is 0 Å². The molecule has 13 heavy (non-hydrogen) atoms. The highest BCUT2D eigenvalue weighted by atomic mass is 32.1. The molecule has 1 N–H and O–H groups in total. The Bertz CT molecular complexity index is 480. The molecule has 0 aliphatic carbocycles. The van der Waals surface area contributed by atoms with Crippen LogP contribution in [0.1, 0.15) is 9.67 Å². The number of aromatic nitrogens is 1. The highest BCUT2D eigenvalue weighted by Gasteiger charge is 2.09. The molecule has 0 bridgehead atoms. The number of carbonyl (C=O) groups is 1. The van der Waals surface area contributed by atoms with Crippen LogP contribution in [0, 0.1) is 5.82 Å². The number of hydrogen-bond donors (Lipinski definition) is 1. The van der Waals surface area contributed by atoms with Crippen molar-refractivity contribution in [1.82, 2.24) is 4.98 Å². The van der Waals surface area contributed by atoms with Gasteiger partial charge in [0.05, 0.1) is 6.20 Å². The van der Waals surface area contributed by atoms with E-state index in [9.17, 15) is 9.18 Å². The Morgan fingerprint density at radius 1 is 1.54 bits per heavy atom. The summed E-state index contributed by atoms with van der Waals surface area (Å²) in [6, 6.07) is 2.68. The third kappa shape index (κ3) is 1.38. The monoisotopic (exact) mass is 197 g/mol. The third-order valence-corrected chi connectivity index (χ3v) is 2.60. The molecule has 0 amide bonds. The summed E-state index contributed by atoms with van der Waals surface area (Å²) in [6.07, 6.45) is 1.07. The predicted octanol–water partition coefficient (Wildman–Crippen LogP) is 2.13. The Kier molecular flexibility index (Phi) is 1.73. The first-order valence-electron chi connectivity index (χ1n) is 3.45. The van der Waals surface area contributed by atoms with E-state index in [4.69, 9.17) is 5.11 Å². The smallest absolute Gasteiger partial charge is 0.345 e. The van der Waals surface area contributed by atoms with Crippen LogP contribution in [0.4, 0.5) is 4.39 Å². The summed E-state index contributed by atoms with van der Waals surface area (Å²) in [6.45, 7) is 0. The second kappa shape index (κ2) is 2.77. The average Bonchev–Trinajstić information content (AvgIpc) is 2.46. The lowest BCUT2D eigenvalue weighted by Crippen LogP contribution is -1.89. The molecule has 5 heteroatoms. The molecule has 3 nitrogen and oxygen atoms in total. The van der Waals surface area contributed by atoms with E-state index in [-0.39, 0.29) is 4.88 Å². The maximum absolute atomic E-state index is 12.6. The Balaban J connectivity index is 2.68. The van der Waals surface area contributed by atoms with Crippen molar-refractivity contribution in [2.45, 2.75) is 0 Å². The van der Waals surface area contributed by atoms with Crippen LogP contribution >= 0.6 is 11.3 Å². The number of nitrogens with zero attached hydrogens (tertiary/aromatic N) is 1. The number of pyridine rings is 1. The fraction of sp³-hybridized carbons (Fsp3) is 0. The van der Waals surface area contributed by atoms with Crippen molar-refractivity contribution >= 4 is 27.5 Å². The number of carboxylic acid groups (broad SMARTS) is 1. The lowest BCUT2D eigenvalue weighted by molar-refractivity contribution is 0.0702. The Morgan fingerprint density at radius 2 is 2.31 bits per heavy atom. The van der Waals surface area contributed by atoms with E-state index in [0.717, 1.165) is 17.5 Å². The maximum Gasteiger partial charge on any atom is 0.345 e. The van der Waals surface area contributed by atoms with Crippen LogP contribution in [0.2, 0.25) is 0 Å². The highest BCUT2D eigenvalue weighted by molar-refractivity contribution is 7.20. The molecule has 2 rings (SSSR count). The van der Waals surface area contributed by atoms with Crippen LogP contribution in [-0.4, -0.2) is 16.1 Å². The van der Waals surface area contributed by atoms with Gasteiger partial charge in [-0.15, -0.1) is 11.3 Å². The fourth-order valence-corrected chi connectivity index (χ4v) is 1.83. The Morgan fingerprint density at radius 3 is 3.00 bits per heavy atom. The lowest BCUT2D eigenvalue weighted by atomic mass is 10.3. The molecular weight excluding hydrogens is 193 g/mol. The predicted molar refractivity (Wildman–Crippen MR) is 46.5 cm³/mol. The minimum Gasteiger partial charge on any atom is -0.477 e. The van der Waals surface area contributed by atoms with Gasteiger partial charge in [-0.3, -0.25) is 0 Å². The van der Waals surface area contributed by atoms with Crippen LogP contribution in [0.3, 0.4) is 0 Å². The highest BCUT2D eigenvalue weighted by Crippen LogP contribution is 2.23.